The minimum Gasteiger partial charge on any atom is -0.493 e. The molecule has 0 spiro atoms. The van der Waals surface area contributed by atoms with Crippen LogP contribution in [-0.2, 0) is 4.79 Å². The van der Waals surface area contributed by atoms with Gasteiger partial charge < -0.3 is 29.2 Å². The molecular formula is C26H30N4O5. The highest BCUT2D eigenvalue weighted by Crippen LogP contribution is 2.40. The van der Waals surface area contributed by atoms with Crippen LogP contribution in [0.15, 0.2) is 48.8 Å². The fourth-order valence-corrected chi connectivity index (χ4v) is 4.16. The Morgan fingerprint density at radius 1 is 1.00 bits per heavy atom. The van der Waals surface area contributed by atoms with E-state index in [9.17, 15) is 4.79 Å². The lowest BCUT2D eigenvalue weighted by atomic mass is 9.97. The van der Waals surface area contributed by atoms with E-state index >= 15 is 0 Å². The Morgan fingerprint density at radius 2 is 1.71 bits per heavy atom. The molecule has 4 rings (SSSR count). The summed E-state index contributed by atoms with van der Waals surface area (Å²) in [5, 5.41) is 3.00. The normalized spacial score (nSPS) is 15.3. The van der Waals surface area contributed by atoms with Gasteiger partial charge in [-0.25, -0.2) is 9.97 Å². The van der Waals surface area contributed by atoms with Crippen LogP contribution in [0, 0.1) is 12.8 Å². The Balaban J connectivity index is 1.50. The van der Waals surface area contributed by atoms with E-state index < -0.39 is 0 Å². The van der Waals surface area contributed by atoms with Crippen LogP contribution in [-0.4, -0.2) is 50.3 Å². The summed E-state index contributed by atoms with van der Waals surface area (Å²) < 4.78 is 22.3. The third-order valence-corrected chi connectivity index (χ3v) is 5.97. The third-order valence-electron chi connectivity index (χ3n) is 5.97. The zero-order valence-electron chi connectivity index (χ0n) is 20.4. The standard InChI is InChI=1S/C26H30N4O5/c1-17-8-5-6-10-20(17)35-26-24(27-11-12-28-26)30-13-7-9-18(16-30)25(31)29-19-14-21(32-2)23(34-4)22(15-19)33-3/h5-6,8,10-12,14-15,18H,7,9,13,16H2,1-4H3,(H,29,31). The van der Waals surface area contributed by atoms with Gasteiger partial charge in [0.2, 0.25) is 11.7 Å². The van der Waals surface area contributed by atoms with Crippen LogP contribution in [0.4, 0.5) is 11.5 Å². The topological polar surface area (TPSA) is 95.0 Å². The molecule has 1 amide bonds. The predicted molar refractivity (Wildman–Crippen MR) is 133 cm³/mol. The summed E-state index contributed by atoms with van der Waals surface area (Å²) in [7, 11) is 4.62. The van der Waals surface area contributed by atoms with E-state index in [1.165, 1.54) is 0 Å². The van der Waals surface area contributed by atoms with Crippen LogP contribution in [0.2, 0.25) is 0 Å². The van der Waals surface area contributed by atoms with Crippen molar-refractivity contribution in [3.8, 4) is 28.9 Å². The molecule has 0 aliphatic carbocycles. The van der Waals surface area contributed by atoms with Gasteiger partial charge in [0.25, 0.3) is 5.88 Å². The molecule has 1 unspecified atom stereocenters. The molecule has 1 atom stereocenters. The highest BCUT2D eigenvalue weighted by molar-refractivity contribution is 5.93. The number of para-hydroxylation sites is 1. The van der Waals surface area contributed by atoms with Gasteiger partial charge in [0.1, 0.15) is 5.75 Å². The average molecular weight is 479 g/mol. The average Bonchev–Trinajstić information content (AvgIpc) is 2.89. The summed E-state index contributed by atoms with van der Waals surface area (Å²) in [6.45, 7) is 3.24. The zero-order chi connectivity index (χ0) is 24.8. The van der Waals surface area contributed by atoms with E-state index in [4.69, 9.17) is 18.9 Å². The van der Waals surface area contributed by atoms with Gasteiger partial charge in [0.05, 0.1) is 27.2 Å². The molecule has 1 fully saturated rings. The van der Waals surface area contributed by atoms with Gasteiger partial charge in [-0.1, -0.05) is 18.2 Å². The summed E-state index contributed by atoms with van der Waals surface area (Å²) in [5.74, 6) is 2.87. The van der Waals surface area contributed by atoms with E-state index in [1.54, 1.807) is 45.9 Å². The van der Waals surface area contributed by atoms with Crippen molar-refractivity contribution in [1.29, 1.82) is 0 Å². The Morgan fingerprint density at radius 3 is 2.40 bits per heavy atom. The van der Waals surface area contributed by atoms with Crippen molar-refractivity contribution in [3.05, 3.63) is 54.4 Å². The number of aromatic nitrogens is 2. The van der Waals surface area contributed by atoms with E-state index in [0.717, 1.165) is 30.7 Å². The number of amides is 1. The largest absolute Gasteiger partial charge is 0.493 e. The van der Waals surface area contributed by atoms with Gasteiger partial charge in [0.15, 0.2) is 17.3 Å². The molecule has 9 nitrogen and oxygen atoms in total. The lowest BCUT2D eigenvalue weighted by Gasteiger charge is -2.33. The van der Waals surface area contributed by atoms with Gasteiger partial charge >= 0.3 is 0 Å². The number of ether oxygens (including phenoxy) is 4. The van der Waals surface area contributed by atoms with Crippen LogP contribution in [0.1, 0.15) is 18.4 Å². The quantitative estimate of drug-likeness (QED) is 0.507. The number of hydrogen-bond donors (Lipinski definition) is 1. The second-order valence-corrected chi connectivity index (χ2v) is 8.24. The summed E-state index contributed by atoms with van der Waals surface area (Å²) in [4.78, 5) is 24.2. The lowest BCUT2D eigenvalue weighted by molar-refractivity contribution is -0.120. The molecule has 3 aromatic rings. The van der Waals surface area contributed by atoms with Gasteiger partial charge in [-0.2, -0.15) is 0 Å². The SMILES string of the molecule is COc1cc(NC(=O)C2CCCN(c3nccnc3Oc3ccccc3C)C2)cc(OC)c1OC. The van der Waals surface area contributed by atoms with Crippen LogP contribution < -0.4 is 29.2 Å². The summed E-state index contributed by atoms with van der Waals surface area (Å²) >= 11 is 0. The lowest BCUT2D eigenvalue weighted by Crippen LogP contribution is -2.41. The van der Waals surface area contributed by atoms with Crippen molar-refractivity contribution < 1.29 is 23.7 Å². The number of carbonyl (C=O) groups is 1. The molecule has 9 heteroatoms. The minimum atomic E-state index is -0.240. The highest BCUT2D eigenvalue weighted by Gasteiger charge is 2.29. The molecule has 0 saturated carbocycles. The third kappa shape index (κ3) is 5.40. The van der Waals surface area contributed by atoms with Crippen molar-refractivity contribution in [2.75, 3.05) is 44.6 Å². The first-order chi connectivity index (χ1) is 17.0. The number of carbonyl (C=O) groups excluding carboxylic acids is 1. The number of rotatable bonds is 8. The maximum atomic E-state index is 13.2. The number of nitrogens with zero attached hydrogens (tertiary/aromatic N) is 3. The van der Waals surface area contributed by atoms with Crippen LogP contribution >= 0.6 is 0 Å². The summed E-state index contributed by atoms with van der Waals surface area (Å²) in [6.07, 6.45) is 4.85. The van der Waals surface area contributed by atoms with Crippen LogP contribution in [0.3, 0.4) is 0 Å². The molecule has 2 heterocycles. The number of piperidine rings is 1. The molecule has 1 aromatic heterocycles. The van der Waals surface area contributed by atoms with Crippen LogP contribution in [0.5, 0.6) is 28.9 Å². The Hall–Kier alpha value is -4.01. The number of aryl methyl sites for hydroxylation is 1. The maximum absolute atomic E-state index is 13.2. The predicted octanol–water partition coefficient (Wildman–Crippen LogP) is 4.46. The number of benzene rings is 2. The van der Waals surface area contributed by atoms with Crippen molar-refractivity contribution in [2.24, 2.45) is 5.92 Å². The first kappa shape index (κ1) is 24.1. The smallest absolute Gasteiger partial charge is 0.263 e. The zero-order valence-corrected chi connectivity index (χ0v) is 20.4. The molecule has 184 valence electrons. The van der Waals surface area contributed by atoms with Crippen molar-refractivity contribution >= 4 is 17.4 Å². The second-order valence-electron chi connectivity index (χ2n) is 8.24. The Kier molecular flexibility index (Phi) is 7.54. The first-order valence-corrected chi connectivity index (χ1v) is 11.4. The van der Waals surface area contributed by atoms with Crippen molar-refractivity contribution in [3.63, 3.8) is 0 Å². The molecule has 2 aromatic carbocycles. The van der Waals surface area contributed by atoms with Crippen molar-refractivity contribution in [2.45, 2.75) is 19.8 Å². The molecule has 1 N–H and O–H groups in total. The number of methoxy groups -OCH3 is 3. The Labute approximate surface area is 205 Å². The number of anilines is 2. The highest BCUT2D eigenvalue weighted by atomic mass is 16.5. The van der Waals surface area contributed by atoms with Crippen molar-refractivity contribution in [1.82, 2.24) is 9.97 Å². The van der Waals surface area contributed by atoms with Crippen LogP contribution in [0.25, 0.3) is 0 Å². The molecule has 1 saturated heterocycles. The molecule has 1 aliphatic heterocycles. The van der Waals surface area contributed by atoms with Gasteiger partial charge in [-0.05, 0) is 31.4 Å². The molecule has 0 bridgehead atoms. The summed E-state index contributed by atoms with van der Waals surface area (Å²) in [6, 6.07) is 11.2. The Bertz CT molecular complexity index is 1160. The van der Waals surface area contributed by atoms with E-state index in [1.807, 2.05) is 31.2 Å². The summed E-state index contributed by atoms with van der Waals surface area (Å²) in [5.41, 5.74) is 1.58. The molecular weight excluding hydrogens is 448 g/mol. The fraction of sp³-hybridized carbons (Fsp3) is 0.346. The molecule has 35 heavy (non-hydrogen) atoms. The minimum absolute atomic E-state index is 0.0887. The maximum Gasteiger partial charge on any atom is 0.263 e. The van der Waals surface area contributed by atoms with Gasteiger partial charge in [0, 0.05) is 43.3 Å². The van der Waals surface area contributed by atoms with Gasteiger partial charge in [-0.3, -0.25) is 4.79 Å². The monoisotopic (exact) mass is 478 g/mol. The number of hydrogen-bond acceptors (Lipinski definition) is 8. The fourth-order valence-electron chi connectivity index (χ4n) is 4.16. The van der Waals surface area contributed by atoms with Gasteiger partial charge in [-0.15, -0.1) is 0 Å². The van der Waals surface area contributed by atoms with E-state index in [0.29, 0.717) is 41.2 Å². The second kappa shape index (κ2) is 10.9. The van der Waals surface area contributed by atoms with E-state index in [2.05, 4.69) is 20.2 Å². The molecule has 0 radical (unpaired) electrons. The van der Waals surface area contributed by atoms with E-state index in [-0.39, 0.29) is 11.8 Å². The molecule has 1 aliphatic rings. The first-order valence-electron chi connectivity index (χ1n) is 11.4. The number of nitrogens with one attached hydrogen (secondary N) is 1.